The van der Waals surface area contributed by atoms with Crippen LogP contribution in [0.4, 0.5) is 17.6 Å². The molecule has 0 bridgehead atoms. The van der Waals surface area contributed by atoms with Gasteiger partial charge in [0.1, 0.15) is 11.6 Å². The number of benzene rings is 1. The van der Waals surface area contributed by atoms with Crippen molar-refractivity contribution in [2.75, 3.05) is 0 Å². The number of aliphatic carboxylic acids is 1. The molecule has 2 rings (SSSR count). The summed E-state index contributed by atoms with van der Waals surface area (Å²) in [5.74, 6) is -3.23. The van der Waals surface area contributed by atoms with Crippen molar-refractivity contribution in [1.29, 1.82) is 0 Å². The number of carbonyl (C=O) groups is 2. The lowest BCUT2D eigenvalue weighted by Crippen LogP contribution is -2.18. The molecule has 0 heterocycles. The molecular formula is C21H24F4O4. The van der Waals surface area contributed by atoms with Crippen LogP contribution in [-0.4, -0.2) is 28.1 Å². The maximum absolute atomic E-state index is 13.4. The number of hydrogen-bond acceptors (Lipinski definition) is 3. The van der Waals surface area contributed by atoms with E-state index in [4.69, 9.17) is 5.11 Å². The van der Waals surface area contributed by atoms with E-state index in [0.29, 0.717) is 25.3 Å². The van der Waals surface area contributed by atoms with Crippen molar-refractivity contribution in [2.24, 2.45) is 11.8 Å². The molecule has 2 N–H and O–H groups in total. The number of alkyl halides is 3. The smallest absolute Gasteiger partial charge is 0.419 e. The van der Waals surface area contributed by atoms with Gasteiger partial charge in [0.25, 0.3) is 0 Å². The van der Waals surface area contributed by atoms with Gasteiger partial charge in [0.2, 0.25) is 0 Å². The van der Waals surface area contributed by atoms with Crippen molar-refractivity contribution >= 4 is 17.8 Å². The predicted octanol–water partition coefficient (Wildman–Crippen LogP) is 4.85. The van der Waals surface area contributed by atoms with Crippen LogP contribution in [0, 0.1) is 17.7 Å². The number of aliphatic hydroxyl groups is 1. The Morgan fingerprint density at radius 1 is 1.17 bits per heavy atom. The van der Waals surface area contributed by atoms with Crippen molar-refractivity contribution < 1.29 is 37.4 Å². The lowest BCUT2D eigenvalue weighted by Gasteiger charge is -2.17. The summed E-state index contributed by atoms with van der Waals surface area (Å²) in [4.78, 5) is 22.7. The third-order valence-corrected chi connectivity index (χ3v) is 5.20. The van der Waals surface area contributed by atoms with Crippen LogP contribution in [0.3, 0.4) is 0 Å². The highest BCUT2D eigenvalue weighted by Crippen LogP contribution is 2.36. The average molecular weight is 416 g/mol. The molecule has 3 atom stereocenters. The Balaban J connectivity index is 2.00. The molecule has 0 aromatic heterocycles. The number of hydrogen-bond donors (Lipinski definition) is 2. The monoisotopic (exact) mass is 416 g/mol. The molecule has 0 amide bonds. The maximum Gasteiger partial charge on any atom is 0.419 e. The van der Waals surface area contributed by atoms with Crippen molar-refractivity contribution in [3.05, 3.63) is 41.2 Å². The second-order valence-electron chi connectivity index (χ2n) is 7.36. The molecule has 0 unspecified atom stereocenters. The number of rotatable bonds is 9. The minimum atomic E-state index is -4.81. The largest absolute Gasteiger partial charge is 0.481 e. The molecule has 1 aliphatic rings. The predicted molar refractivity (Wildman–Crippen MR) is 98.4 cm³/mol. The van der Waals surface area contributed by atoms with Gasteiger partial charge in [0.05, 0.1) is 11.7 Å². The van der Waals surface area contributed by atoms with Gasteiger partial charge >= 0.3 is 12.1 Å². The van der Waals surface area contributed by atoms with Crippen LogP contribution in [0.5, 0.6) is 0 Å². The van der Waals surface area contributed by atoms with E-state index < -0.39 is 41.5 Å². The van der Waals surface area contributed by atoms with Crippen LogP contribution in [0.25, 0.3) is 6.08 Å². The SMILES string of the molecule is O=C(O)CCCCCC[C@@H]1C(=O)C[C@@H](O)[C@H]1C=Cc1ccc(F)c(C(F)(F)F)c1. The fourth-order valence-electron chi connectivity index (χ4n) is 3.67. The molecule has 4 nitrogen and oxygen atoms in total. The van der Waals surface area contributed by atoms with Crippen LogP contribution in [0.1, 0.15) is 56.1 Å². The molecule has 29 heavy (non-hydrogen) atoms. The van der Waals surface area contributed by atoms with Crippen molar-refractivity contribution in [1.82, 2.24) is 0 Å². The normalized spacial score (nSPS) is 22.5. The Labute approximate surface area is 166 Å². The zero-order chi connectivity index (χ0) is 21.6. The third kappa shape index (κ3) is 6.66. The quantitative estimate of drug-likeness (QED) is 0.446. The standard InChI is InChI=1S/C21H24F4O4/c22-17-10-8-13(11-16(17)21(23,24)25)7-9-15-14(18(26)12-19(15)27)5-3-1-2-4-6-20(28)29/h7-11,14-15,19,27H,1-6,12H2,(H,28,29)/t14-,15-,19+/m0/s1. The molecule has 0 saturated heterocycles. The molecule has 0 spiro atoms. The van der Waals surface area contributed by atoms with Crippen molar-refractivity contribution in [3.63, 3.8) is 0 Å². The Hall–Kier alpha value is -2.22. The van der Waals surface area contributed by atoms with E-state index in [9.17, 15) is 32.3 Å². The van der Waals surface area contributed by atoms with Crippen LogP contribution in [0.15, 0.2) is 24.3 Å². The summed E-state index contributed by atoms with van der Waals surface area (Å²) in [6, 6.07) is 2.65. The van der Waals surface area contributed by atoms with E-state index in [-0.39, 0.29) is 24.2 Å². The Bertz CT molecular complexity index is 758. The molecule has 160 valence electrons. The van der Waals surface area contributed by atoms with Gasteiger partial charge in [0, 0.05) is 24.7 Å². The second-order valence-corrected chi connectivity index (χ2v) is 7.36. The van der Waals surface area contributed by atoms with Crippen LogP contribution >= 0.6 is 0 Å². The molecule has 1 aliphatic carbocycles. The van der Waals surface area contributed by atoms with Gasteiger partial charge in [-0.1, -0.05) is 37.5 Å². The molecule has 8 heteroatoms. The summed E-state index contributed by atoms with van der Waals surface area (Å²) in [5.41, 5.74) is -1.22. The zero-order valence-electron chi connectivity index (χ0n) is 15.8. The van der Waals surface area contributed by atoms with Gasteiger partial charge in [-0.3, -0.25) is 9.59 Å². The first-order valence-corrected chi connectivity index (χ1v) is 9.57. The summed E-state index contributed by atoms with van der Waals surface area (Å²) in [6.45, 7) is 0. The van der Waals surface area contributed by atoms with Gasteiger partial charge in [-0.05, 0) is 30.5 Å². The molecule has 0 radical (unpaired) electrons. The second kappa shape index (κ2) is 10.0. The Morgan fingerprint density at radius 3 is 2.52 bits per heavy atom. The topological polar surface area (TPSA) is 74.6 Å². The zero-order valence-corrected chi connectivity index (χ0v) is 15.8. The first-order valence-electron chi connectivity index (χ1n) is 9.57. The summed E-state index contributed by atoms with van der Waals surface area (Å²) >= 11 is 0. The molecule has 1 fully saturated rings. The van der Waals surface area contributed by atoms with E-state index in [1.54, 1.807) is 0 Å². The van der Waals surface area contributed by atoms with Crippen LogP contribution in [0.2, 0.25) is 0 Å². The Kier molecular flexibility index (Phi) is 7.96. The highest BCUT2D eigenvalue weighted by atomic mass is 19.4. The molecule has 0 aliphatic heterocycles. The number of Topliss-reactive ketones (excluding diaryl/α,β-unsaturated/α-hetero) is 1. The average Bonchev–Trinajstić information content (AvgIpc) is 2.89. The number of carboxylic acids is 1. The number of carbonyl (C=O) groups excluding carboxylic acids is 1. The molecule has 1 aromatic rings. The van der Waals surface area contributed by atoms with E-state index >= 15 is 0 Å². The number of ketones is 1. The lowest BCUT2D eigenvalue weighted by atomic mass is 9.88. The minimum absolute atomic E-state index is 0.00406. The highest BCUT2D eigenvalue weighted by molar-refractivity contribution is 5.84. The Morgan fingerprint density at radius 2 is 1.86 bits per heavy atom. The number of unbranched alkanes of at least 4 members (excludes halogenated alkanes) is 3. The van der Waals surface area contributed by atoms with Crippen LogP contribution in [-0.2, 0) is 15.8 Å². The lowest BCUT2D eigenvalue weighted by molar-refractivity contribution is -0.140. The highest BCUT2D eigenvalue weighted by Gasteiger charge is 2.39. The number of aliphatic hydroxyl groups excluding tert-OH is 1. The van der Waals surface area contributed by atoms with E-state index in [2.05, 4.69) is 0 Å². The molecular weight excluding hydrogens is 392 g/mol. The van der Waals surface area contributed by atoms with E-state index in [1.807, 2.05) is 0 Å². The maximum atomic E-state index is 13.4. The van der Waals surface area contributed by atoms with Gasteiger partial charge in [-0.15, -0.1) is 0 Å². The van der Waals surface area contributed by atoms with Gasteiger partial charge in [-0.2, -0.15) is 13.2 Å². The third-order valence-electron chi connectivity index (χ3n) is 5.20. The number of halogens is 4. The summed E-state index contributed by atoms with van der Waals surface area (Å²) in [5, 5.41) is 18.8. The van der Waals surface area contributed by atoms with Gasteiger partial charge in [-0.25, -0.2) is 4.39 Å². The van der Waals surface area contributed by atoms with Crippen LogP contribution < -0.4 is 0 Å². The fourth-order valence-corrected chi connectivity index (χ4v) is 3.67. The van der Waals surface area contributed by atoms with Crippen molar-refractivity contribution in [3.8, 4) is 0 Å². The first kappa shape index (κ1) is 23.1. The first-order chi connectivity index (χ1) is 13.6. The van der Waals surface area contributed by atoms with Crippen molar-refractivity contribution in [2.45, 2.75) is 57.2 Å². The summed E-state index contributed by atoms with van der Waals surface area (Å²) in [7, 11) is 0. The van der Waals surface area contributed by atoms with Gasteiger partial charge in [0.15, 0.2) is 0 Å². The van der Waals surface area contributed by atoms with E-state index in [1.165, 1.54) is 18.2 Å². The minimum Gasteiger partial charge on any atom is -0.481 e. The summed E-state index contributed by atoms with van der Waals surface area (Å²) < 4.78 is 51.9. The van der Waals surface area contributed by atoms with Gasteiger partial charge < -0.3 is 10.2 Å². The molecule has 1 aromatic carbocycles. The molecule has 1 saturated carbocycles. The summed E-state index contributed by atoms with van der Waals surface area (Å²) in [6.07, 6.45) is 0.559. The fraction of sp³-hybridized carbons (Fsp3) is 0.524. The van der Waals surface area contributed by atoms with E-state index in [0.717, 1.165) is 18.9 Å². The number of carboxylic acid groups (broad SMARTS) is 1.